The molecule has 1 fully saturated rings. The van der Waals surface area contributed by atoms with Gasteiger partial charge in [-0.2, -0.15) is 8.78 Å². The summed E-state index contributed by atoms with van der Waals surface area (Å²) in [7, 11) is 0. The number of hydrogen-bond acceptors (Lipinski definition) is 8. The van der Waals surface area contributed by atoms with Crippen LogP contribution in [0, 0.1) is 0 Å². The molecular formula is C21H20F2N8O. The quantitative estimate of drug-likeness (QED) is 0.433. The monoisotopic (exact) mass is 438 g/mol. The van der Waals surface area contributed by atoms with Crippen molar-refractivity contribution in [1.82, 2.24) is 40.1 Å². The summed E-state index contributed by atoms with van der Waals surface area (Å²) < 4.78 is 31.8. The van der Waals surface area contributed by atoms with Crippen molar-refractivity contribution in [2.45, 2.75) is 32.4 Å². The summed E-state index contributed by atoms with van der Waals surface area (Å²) >= 11 is 0. The van der Waals surface area contributed by atoms with E-state index in [0.717, 1.165) is 25.3 Å². The van der Waals surface area contributed by atoms with Crippen molar-refractivity contribution >= 4 is 0 Å². The van der Waals surface area contributed by atoms with E-state index in [1.165, 1.54) is 24.6 Å². The smallest absolute Gasteiger partial charge is 0.314 e. The van der Waals surface area contributed by atoms with E-state index >= 15 is 0 Å². The molecule has 0 bridgehead atoms. The lowest BCUT2D eigenvalue weighted by Gasteiger charge is -2.14. The molecule has 0 amide bonds. The molecule has 1 saturated heterocycles. The van der Waals surface area contributed by atoms with Gasteiger partial charge in [0.2, 0.25) is 5.89 Å². The lowest BCUT2D eigenvalue weighted by Crippen LogP contribution is -2.18. The zero-order valence-corrected chi connectivity index (χ0v) is 17.1. The molecule has 9 nitrogen and oxygen atoms in total. The molecule has 1 aliphatic heterocycles. The highest BCUT2D eigenvalue weighted by Crippen LogP contribution is 2.23. The van der Waals surface area contributed by atoms with Crippen LogP contribution in [0.25, 0.3) is 22.8 Å². The fourth-order valence-electron chi connectivity index (χ4n) is 3.61. The fraction of sp³-hybridized carbons (Fsp3) is 0.333. The molecule has 5 heterocycles. The van der Waals surface area contributed by atoms with Gasteiger partial charge in [-0.05, 0) is 49.7 Å². The summed E-state index contributed by atoms with van der Waals surface area (Å²) in [6.07, 6.45) is 4.93. The number of rotatable bonds is 7. The van der Waals surface area contributed by atoms with Gasteiger partial charge in [-0.3, -0.25) is 14.9 Å². The molecule has 0 aromatic carbocycles. The Morgan fingerprint density at radius 1 is 0.906 bits per heavy atom. The van der Waals surface area contributed by atoms with Crippen LogP contribution in [-0.4, -0.2) is 53.1 Å². The molecule has 32 heavy (non-hydrogen) atoms. The van der Waals surface area contributed by atoms with Crippen molar-refractivity contribution < 1.29 is 13.2 Å². The first-order chi connectivity index (χ1) is 15.6. The number of pyridine rings is 2. The standard InChI is InChI=1S/C21H20F2N8O/c22-19(23)21-28-27-20(32-21)15-4-5-16(24-10-15)12-31-13-18(26-29-31)17-6-3-14(9-25-17)11-30-7-1-2-8-30/h3-6,9-10,13,19H,1-2,7-8,11-12H2. The zero-order chi connectivity index (χ0) is 21.9. The van der Waals surface area contributed by atoms with Crippen LogP contribution >= 0.6 is 0 Å². The van der Waals surface area contributed by atoms with Gasteiger partial charge in [0.15, 0.2) is 0 Å². The topological polar surface area (TPSA) is 98.7 Å². The molecule has 0 spiro atoms. The average Bonchev–Trinajstić information content (AvgIpc) is 3.57. The first-order valence-corrected chi connectivity index (χ1v) is 10.3. The number of likely N-dealkylation sites (tertiary alicyclic amines) is 1. The summed E-state index contributed by atoms with van der Waals surface area (Å²) in [6, 6.07) is 7.47. The van der Waals surface area contributed by atoms with Crippen molar-refractivity contribution in [2.24, 2.45) is 0 Å². The third-order valence-electron chi connectivity index (χ3n) is 5.25. The number of alkyl halides is 2. The van der Waals surface area contributed by atoms with E-state index in [4.69, 9.17) is 4.42 Å². The molecule has 0 aliphatic carbocycles. The Bertz CT molecular complexity index is 1170. The van der Waals surface area contributed by atoms with E-state index in [9.17, 15) is 8.78 Å². The van der Waals surface area contributed by atoms with Gasteiger partial charge in [0, 0.05) is 18.9 Å². The van der Waals surface area contributed by atoms with Crippen LogP contribution in [0.4, 0.5) is 8.78 Å². The van der Waals surface area contributed by atoms with Crippen LogP contribution < -0.4 is 0 Å². The summed E-state index contributed by atoms with van der Waals surface area (Å²) in [5.74, 6) is -0.710. The van der Waals surface area contributed by atoms with Crippen molar-refractivity contribution in [3.63, 3.8) is 0 Å². The van der Waals surface area contributed by atoms with Gasteiger partial charge in [-0.25, -0.2) is 4.68 Å². The molecule has 0 radical (unpaired) electrons. The van der Waals surface area contributed by atoms with Gasteiger partial charge in [0.1, 0.15) is 5.69 Å². The van der Waals surface area contributed by atoms with Crippen LogP contribution in [0.3, 0.4) is 0 Å². The number of aromatic nitrogens is 7. The Morgan fingerprint density at radius 3 is 2.47 bits per heavy atom. The predicted molar refractivity (Wildman–Crippen MR) is 109 cm³/mol. The van der Waals surface area contributed by atoms with Crippen molar-refractivity contribution in [1.29, 1.82) is 0 Å². The van der Waals surface area contributed by atoms with E-state index in [1.54, 1.807) is 16.8 Å². The highest BCUT2D eigenvalue weighted by Gasteiger charge is 2.17. The first-order valence-electron chi connectivity index (χ1n) is 10.3. The van der Waals surface area contributed by atoms with E-state index in [2.05, 4.69) is 41.4 Å². The Balaban J connectivity index is 1.23. The molecule has 164 valence electrons. The SMILES string of the molecule is FC(F)c1nnc(-c2ccc(Cn3cc(-c4ccc(CN5CCCC5)cn4)nn3)nc2)o1. The van der Waals surface area contributed by atoms with Crippen molar-refractivity contribution in [3.8, 4) is 22.8 Å². The molecule has 0 N–H and O–H groups in total. The Morgan fingerprint density at radius 2 is 1.78 bits per heavy atom. The second-order valence-electron chi connectivity index (χ2n) is 7.62. The number of halogens is 2. The molecule has 0 atom stereocenters. The average molecular weight is 438 g/mol. The Hall–Kier alpha value is -3.60. The van der Waals surface area contributed by atoms with Gasteiger partial charge < -0.3 is 4.42 Å². The molecule has 0 saturated carbocycles. The summed E-state index contributed by atoms with van der Waals surface area (Å²) in [5.41, 5.74) is 3.81. The zero-order valence-electron chi connectivity index (χ0n) is 17.1. The van der Waals surface area contributed by atoms with Crippen molar-refractivity contribution in [3.05, 3.63) is 60.0 Å². The fourth-order valence-corrected chi connectivity index (χ4v) is 3.61. The van der Waals surface area contributed by atoms with Crippen LogP contribution in [0.5, 0.6) is 0 Å². The summed E-state index contributed by atoms with van der Waals surface area (Å²) in [5, 5.41) is 15.3. The van der Waals surface area contributed by atoms with Gasteiger partial charge in [0.25, 0.3) is 5.89 Å². The molecular weight excluding hydrogens is 418 g/mol. The van der Waals surface area contributed by atoms with E-state index < -0.39 is 12.3 Å². The van der Waals surface area contributed by atoms with Gasteiger partial charge in [0.05, 0.1) is 29.7 Å². The molecule has 11 heteroatoms. The largest absolute Gasteiger partial charge is 0.415 e. The highest BCUT2D eigenvalue weighted by atomic mass is 19.3. The third-order valence-corrected chi connectivity index (χ3v) is 5.25. The molecule has 0 unspecified atom stereocenters. The maximum Gasteiger partial charge on any atom is 0.314 e. The second-order valence-corrected chi connectivity index (χ2v) is 7.62. The highest BCUT2D eigenvalue weighted by molar-refractivity contribution is 5.52. The van der Waals surface area contributed by atoms with Crippen LogP contribution in [0.15, 0.2) is 47.3 Å². The lowest BCUT2D eigenvalue weighted by atomic mass is 10.2. The van der Waals surface area contributed by atoms with Gasteiger partial charge >= 0.3 is 6.43 Å². The van der Waals surface area contributed by atoms with Crippen LogP contribution in [0.1, 0.15) is 36.4 Å². The second kappa shape index (κ2) is 8.87. The maximum atomic E-state index is 12.6. The van der Waals surface area contributed by atoms with E-state index in [-0.39, 0.29) is 5.89 Å². The minimum absolute atomic E-state index is 0.00152. The maximum absolute atomic E-state index is 12.6. The third kappa shape index (κ3) is 4.52. The number of nitrogens with zero attached hydrogens (tertiary/aromatic N) is 8. The van der Waals surface area contributed by atoms with Crippen LogP contribution in [0.2, 0.25) is 0 Å². The lowest BCUT2D eigenvalue weighted by molar-refractivity contribution is 0.116. The van der Waals surface area contributed by atoms with Crippen molar-refractivity contribution in [2.75, 3.05) is 13.1 Å². The van der Waals surface area contributed by atoms with Gasteiger partial charge in [-0.15, -0.1) is 15.3 Å². The predicted octanol–water partition coefficient (Wildman–Crippen LogP) is 3.37. The summed E-state index contributed by atoms with van der Waals surface area (Å²) in [6.45, 7) is 3.62. The molecule has 4 aromatic heterocycles. The van der Waals surface area contributed by atoms with Gasteiger partial charge in [-0.1, -0.05) is 11.3 Å². The molecule has 4 aromatic rings. The first kappa shape index (κ1) is 20.3. The molecule has 1 aliphatic rings. The minimum atomic E-state index is -2.80. The Labute approximate surface area is 182 Å². The van der Waals surface area contributed by atoms with E-state index in [0.29, 0.717) is 23.5 Å². The van der Waals surface area contributed by atoms with Crippen LogP contribution in [-0.2, 0) is 13.1 Å². The normalized spacial score (nSPS) is 14.5. The Kier molecular flexibility index (Phi) is 5.63. The molecule has 5 rings (SSSR count). The minimum Gasteiger partial charge on any atom is -0.415 e. The van der Waals surface area contributed by atoms with E-state index in [1.807, 2.05) is 18.5 Å². The number of hydrogen-bond donors (Lipinski definition) is 0. The summed E-state index contributed by atoms with van der Waals surface area (Å²) in [4.78, 5) is 11.3.